The topological polar surface area (TPSA) is 59.6 Å². The minimum Gasteiger partial charge on any atom is -0.494 e. The van der Waals surface area contributed by atoms with Gasteiger partial charge in [0, 0.05) is 10.2 Å². The van der Waals surface area contributed by atoms with Gasteiger partial charge in [-0.2, -0.15) is 0 Å². The van der Waals surface area contributed by atoms with Gasteiger partial charge in [-0.05, 0) is 67.0 Å². The molecule has 0 radical (unpaired) electrons. The molecule has 2 rings (SSSR count). The highest BCUT2D eigenvalue weighted by molar-refractivity contribution is 9.10. The molecule has 0 aliphatic carbocycles. The molecule has 2 N–H and O–H groups in total. The molecule has 0 heterocycles. The van der Waals surface area contributed by atoms with Crippen molar-refractivity contribution in [2.45, 2.75) is 27.2 Å². The molecule has 0 aromatic heterocycles. The second-order valence-electron chi connectivity index (χ2n) is 6.63. The van der Waals surface area contributed by atoms with Crippen molar-refractivity contribution < 1.29 is 14.3 Å². The standard InChI is InChI=1S/C21H25BrN2O3S/c1-4-11-26-17-8-6-16(7-9-17)23-21(28)24-20(25)18-12-15(22)5-10-19(18)27-13-14(2)3/h5-10,12,14H,4,11,13H2,1-3H3,(H2,23,24,25,28). The van der Waals surface area contributed by atoms with Crippen LogP contribution >= 0.6 is 28.1 Å². The molecule has 2 aromatic carbocycles. The van der Waals surface area contributed by atoms with Crippen molar-refractivity contribution in [3.63, 3.8) is 0 Å². The highest BCUT2D eigenvalue weighted by atomic mass is 79.9. The van der Waals surface area contributed by atoms with Crippen molar-refractivity contribution in [3.05, 3.63) is 52.5 Å². The largest absolute Gasteiger partial charge is 0.494 e. The zero-order valence-electron chi connectivity index (χ0n) is 16.3. The maximum Gasteiger partial charge on any atom is 0.261 e. The monoisotopic (exact) mass is 464 g/mol. The van der Waals surface area contributed by atoms with Gasteiger partial charge in [0.25, 0.3) is 5.91 Å². The Morgan fingerprint density at radius 2 is 1.86 bits per heavy atom. The quantitative estimate of drug-likeness (QED) is 0.512. The maximum atomic E-state index is 12.7. The fourth-order valence-corrected chi connectivity index (χ4v) is 2.82. The number of nitrogens with one attached hydrogen (secondary N) is 2. The Balaban J connectivity index is 2.00. The number of thiocarbonyl (C=S) groups is 1. The first kappa shape index (κ1) is 22.2. The number of ether oxygens (including phenoxy) is 2. The molecule has 28 heavy (non-hydrogen) atoms. The van der Waals surface area contributed by atoms with E-state index in [0.717, 1.165) is 22.3 Å². The molecule has 0 fully saturated rings. The van der Waals surface area contributed by atoms with Gasteiger partial charge in [0.2, 0.25) is 0 Å². The van der Waals surface area contributed by atoms with E-state index in [1.54, 1.807) is 12.1 Å². The molecule has 1 amide bonds. The lowest BCUT2D eigenvalue weighted by molar-refractivity contribution is 0.0973. The Morgan fingerprint density at radius 3 is 2.50 bits per heavy atom. The summed E-state index contributed by atoms with van der Waals surface area (Å²) in [6, 6.07) is 12.7. The van der Waals surface area contributed by atoms with Crippen LogP contribution in [0.25, 0.3) is 0 Å². The Bertz CT molecular complexity index is 810. The lowest BCUT2D eigenvalue weighted by atomic mass is 10.2. The van der Waals surface area contributed by atoms with Gasteiger partial charge in [-0.1, -0.05) is 36.7 Å². The van der Waals surface area contributed by atoms with Crippen LogP contribution in [0.1, 0.15) is 37.6 Å². The van der Waals surface area contributed by atoms with Crippen molar-refractivity contribution in [1.82, 2.24) is 5.32 Å². The molecule has 0 aliphatic heterocycles. The fraction of sp³-hybridized carbons (Fsp3) is 0.333. The zero-order chi connectivity index (χ0) is 20.5. The highest BCUT2D eigenvalue weighted by Gasteiger charge is 2.15. The summed E-state index contributed by atoms with van der Waals surface area (Å²) < 4.78 is 12.1. The first-order valence-electron chi connectivity index (χ1n) is 9.16. The van der Waals surface area contributed by atoms with Crippen LogP contribution in [0, 0.1) is 5.92 Å². The molecular weight excluding hydrogens is 440 g/mol. The van der Waals surface area contributed by atoms with E-state index in [1.807, 2.05) is 30.3 Å². The minimum atomic E-state index is -0.333. The second-order valence-corrected chi connectivity index (χ2v) is 7.95. The van der Waals surface area contributed by atoms with Crippen molar-refractivity contribution >= 4 is 44.9 Å². The van der Waals surface area contributed by atoms with E-state index >= 15 is 0 Å². The average Bonchev–Trinajstić information content (AvgIpc) is 2.66. The predicted octanol–water partition coefficient (Wildman–Crippen LogP) is 5.40. The number of rotatable bonds is 8. The first-order valence-corrected chi connectivity index (χ1v) is 10.4. The van der Waals surface area contributed by atoms with Crippen LogP contribution in [0.4, 0.5) is 5.69 Å². The van der Waals surface area contributed by atoms with Gasteiger partial charge in [0.05, 0.1) is 18.8 Å². The molecule has 0 saturated carbocycles. The van der Waals surface area contributed by atoms with Crippen LogP contribution in [0.3, 0.4) is 0 Å². The van der Waals surface area contributed by atoms with Crippen molar-refractivity contribution in [2.24, 2.45) is 5.92 Å². The Hall–Kier alpha value is -2.12. The first-order chi connectivity index (χ1) is 13.4. The number of hydrogen-bond donors (Lipinski definition) is 2. The molecule has 5 nitrogen and oxygen atoms in total. The van der Waals surface area contributed by atoms with Gasteiger partial charge in [0.1, 0.15) is 11.5 Å². The summed E-state index contributed by atoms with van der Waals surface area (Å²) in [6.45, 7) is 7.36. The van der Waals surface area contributed by atoms with Crippen LogP contribution in [0.5, 0.6) is 11.5 Å². The SMILES string of the molecule is CCCOc1ccc(NC(=S)NC(=O)c2cc(Br)ccc2OCC(C)C)cc1. The van der Waals surface area contributed by atoms with Crippen LogP contribution in [0.15, 0.2) is 46.9 Å². The summed E-state index contributed by atoms with van der Waals surface area (Å²) in [6.07, 6.45) is 0.953. The normalized spacial score (nSPS) is 10.5. The lowest BCUT2D eigenvalue weighted by Gasteiger charge is -2.15. The van der Waals surface area contributed by atoms with E-state index in [0.29, 0.717) is 30.4 Å². The van der Waals surface area contributed by atoms with E-state index in [2.05, 4.69) is 47.3 Å². The zero-order valence-corrected chi connectivity index (χ0v) is 18.7. The summed E-state index contributed by atoms with van der Waals surface area (Å²) in [4.78, 5) is 12.7. The van der Waals surface area contributed by atoms with Crippen LogP contribution < -0.4 is 20.1 Å². The van der Waals surface area contributed by atoms with E-state index in [9.17, 15) is 4.79 Å². The molecule has 0 spiro atoms. The van der Waals surface area contributed by atoms with Crippen LogP contribution in [-0.2, 0) is 0 Å². The Kier molecular flexibility index (Phi) is 8.73. The number of carbonyl (C=O) groups is 1. The summed E-state index contributed by atoms with van der Waals surface area (Å²) in [7, 11) is 0. The molecule has 0 bridgehead atoms. The summed E-state index contributed by atoms with van der Waals surface area (Å²) >= 11 is 8.66. The van der Waals surface area contributed by atoms with Crippen molar-refractivity contribution in [1.29, 1.82) is 0 Å². The number of hydrogen-bond acceptors (Lipinski definition) is 4. The van der Waals surface area contributed by atoms with Gasteiger partial charge in [0.15, 0.2) is 5.11 Å². The van der Waals surface area contributed by atoms with Gasteiger partial charge < -0.3 is 14.8 Å². The smallest absolute Gasteiger partial charge is 0.261 e. The minimum absolute atomic E-state index is 0.210. The highest BCUT2D eigenvalue weighted by Crippen LogP contribution is 2.24. The van der Waals surface area contributed by atoms with Crippen molar-refractivity contribution in [2.75, 3.05) is 18.5 Å². The predicted molar refractivity (Wildman–Crippen MR) is 120 cm³/mol. The average molecular weight is 465 g/mol. The number of anilines is 1. The van der Waals surface area contributed by atoms with E-state index in [-0.39, 0.29) is 11.0 Å². The van der Waals surface area contributed by atoms with Gasteiger partial charge in [-0.25, -0.2) is 0 Å². The summed E-state index contributed by atoms with van der Waals surface area (Å²) in [5.74, 6) is 1.34. The molecule has 0 saturated heterocycles. The van der Waals surface area contributed by atoms with E-state index in [4.69, 9.17) is 21.7 Å². The molecule has 2 aromatic rings. The van der Waals surface area contributed by atoms with E-state index in [1.165, 1.54) is 0 Å². The molecule has 0 aliphatic rings. The van der Waals surface area contributed by atoms with E-state index < -0.39 is 0 Å². The fourth-order valence-electron chi connectivity index (χ4n) is 2.25. The Morgan fingerprint density at radius 1 is 1.14 bits per heavy atom. The molecule has 0 unspecified atom stereocenters. The van der Waals surface area contributed by atoms with Crippen LogP contribution in [-0.4, -0.2) is 24.2 Å². The van der Waals surface area contributed by atoms with Crippen LogP contribution in [0.2, 0.25) is 0 Å². The Labute approximate surface area is 179 Å². The molecule has 150 valence electrons. The summed E-state index contributed by atoms with van der Waals surface area (Å²) in [5.41, 5.74) is 1.18. The third-order valence-corrected chi connectivity index (χ3v) is 4.27. The van der Waals surface area contributed by atoms with Gasteiger partial charge in [-0.3, -0.25) is 10.1 Å². The van der Waals surface area contributed by atoms with Crippen molar-refractivity contribution in [3.8, 4) is 11.5 Å². The molecule has 7 heteroatoms. The molecular formula is C21H25BrN2O3S. The van der Waals surface area contributed by atoms with Gasteiger partial charge in [-0.15, -0.1) is 0 Å². The van der Waals surface area contributed by atoms with Gasteiger partial charge >= 0.3 is 0 Å². The maximum absolute atomic E-state index is 12.7. The summed E-state index contributed by atoms with van der Waals surface area (Å²) in [5, 5.41) is 5.91. The lowest BCUT2D eigenvalue weighted by Crippen LogP contribution is -2.34. The third-order valence-electron chi connectivity index (χ3n) is 3.57. The number of amides is 1. The molecule has 0 atom stereocenters. The number of halogens is 1. The second kappa shape index (κ2) is 11.0. The number of benzene rings is 2. The number of carbonyl (C=O) groups excluding carboxylic acids is 1. The third kappa shape index (κ3) is 7.13.